The number of aryl methyl sites for hydroxylation is 2. The summed E-state index contributed by atoms with van der Waals surface area (Å²) < 4.78 is 21.8. The summed E-state index contributed by atoms with van der Waals surface area (Å²) in [6.07, 6.45) is 0.0217. The van der Waals surface area contributed by atoms with Gasteiger partial charge in [-0.05, 0) is 42.7 Å². The van der Waals surface area contributed by atoms with Gasteiger partial charge in [0.2, 0.25) is 0 Å². The molecule has 4 rings (SSSR count). The fourth-order valence-electron chi connectivity index (χ4n) is 3.29. The van der Waals surface area contributed by atoms with E-state index in [1.54, 1.807) is 12.1 Å². The number of carbonyl (C=O) groups excluding carboxylic acids is 1. The topological polar surface area (TPSA) is 75.0 Å². The second-order valence-corrected chi connectivity index (χ2v) is 7.32. The Bertz CT molecular complexity index is 1160. The SMILES string of the molecule is Cc1ccc2c(COC(=O)Cc3cc(Cl)c4c(c3)OCCO4)cc(=O)oc2c1C. The highest BCUT2D eigenvalue weighted by Gasteiger charge is 2.18. The third-order valence-electron chi connectivity index (χ3n) is 4.91. The summed E-state index contributed by atoms with van der Waals surface area (Å²) >= 11 is 6.21. The Morgan fingerprint density at radius 3 is 2.76 bits per heavy atom. The third-order valence-corrected chi connectivity index (χ3v) is 5.19. The van der Waals surface area contributed by atoms with Crippen molar-refractivity contribution < 1.29 is 23.4 Å². The zero-order chi connectivity index (χ0) is 20.5. The van der Waals surface area contributed by atoms with E-state index in [9.17, 15) is 9.59 Å². The Balaban J connectivity index is 1.51. The van der Waals surface area contributed by atoms with Crippen molar-refractivity contribution >= 4 is 28.5 Å². The molecule has 1 aliphatic heterocycles. The molecule has 0 amide bonds. The first-order valence-corrected chi connectivity index (χ1v) is 9.57. The molecule has 3 aromatic rings. The molecule has 0 spiro atoms. The lowest BCUT2D eigenvalue weighted by Crippen LogP contribution is -2.16. The Morgan fingerprint density at radius 1 is 1.14 bits per heavy atom. The average Bonchev–Trinajstić information content (AvgIpc) is 2.69. The maximum atomic E-state index is 12.4. The Labute approximate surface area is 171 Å². The Kier molecular flexibility index (Phi) is 5.20. The molecule has 0 atom stereocenters. The van der Waals surface area contributed by atoms with Gasteiger partial charge in [-0.1, -0.05) is 23.7 Å². The quantitative estimate of drug-likeness (QED) is 0.472. The predicted molar refractivity (Wildman–Crippen MR) is 108 cm³/mol. The summed E-state index contributed by atoms with van der Waals surface area (Å²) in [5, 5.41) is 1.14. The zero-order valence-corrected chi connectivity index (χ0v) is 16.8. The molecule has 0 saturated carbocycles. The fraction of sp³-hybridized carbons (Fsp3) is 0.273. The molecule has 6 nitrogen and oxygen atoms in total. The minimum Gasteiger partial charge on any atom is -0.486 e. The molecule has 0 aliphatic carbocycles. The Hall–Kier alpha value is -2.99. The van der Waals surface area contributed by atoms with E-state index in [1.807, 2.05) is 26.0 Å². The molecule has 150 valence electrons. The van der Waals surface area contributed by atoms with E-state index in [1.165, 1.54) is 6.07 Å². The highest BCUT2D eigenvalue weighted by Crippen LogP contribution is 2.38. The number of hydrogen-bond donors (Lipinski definition) is 0. The lowest BCUT2D eigenvalue weighted by Gasteiger charge is -2.20. The van der Waals surface area contributed by atoms with Crippen LogP contribution in [0.15, 0.2) is 39.5 Å². The summed E-state index contributed by atoms with van der Waals surface area (Å²) in [4.78, 5) is 24.3. The highest BCUT2D eigenvalue weighted by molar-refractivity contribution is 6.32. The van der Waals surface area contributed by atoms with Crippen LogP contribution in [-0.2, 0) is 22.6 Å². The molecule has 2 heterocycles. The zero-order valence-electron chi connectivity index (χ0n) is 16.0. The van der Waals surface area contributed by atoms with Crippen LogP contribution in [0.3, 0.4) is 0 Å². The minimum atomic E-state index is -0.476. The highest BCUT2D eigenvalue weighted by atomic mass is 35.5. The molecule has 1 aliphatic rings. The van der Waals surface area contributed by atoms with Crippen LogP contribution in [-0.4, -0.2) is 19.2 Å². The maximum Gasteiger partial charge on any atom is 0.336 e. The molecule has 2 aromatic carbocycles. The molecule has 1 aromatic heterocycles. The maximum absolute atomic E-state index is 12.4. The monoisotopic (exact) mass is 414 g/mol. The second-order valence-electron chi connectivity index (χ2n) is 6.91. The van der Waals surface area contributed by atoms with Crippen molar-refractivity contribution in [2.24, 2.45) is 0 Å². The van der Waals surface area contributed by atoms with E-state index >= 15 is 0 Å². The van der Waals surface area contributed by atoms with Gasteiger partial charge in [-0.2, -0.15) is 0 Å². The van der Waals surface area contributed by atoms with Gasteiger partial charge in [0.05, 0.1) is 11.4 Å². The molecule has 29 heavy (non-hydrogen) atoms. The van der Waals surface area contributed by atoms with Crippen LogP contribution in [0.25, 0.3) is 11.0 Å². The van der Waals surface area contributed by atoms with E-state index in [-0.39, 0.29) is 13.0 Å². The van der Waals surface area contributed by atoms with Crippen LogP contribution >= 0.6 is 11.6 Å². The van der Waals surface area contributed by atoms with Crippen molar-refractivity contribution in [3.8, 4) is 11.5 Å². The standard InChI is InChI=1S/C22H19ClO6/c1-12-3-4-16-15(10-20(25)29-21(16)13(12)2)11-28-19(24)9-14-7-17(23)22-18(8-14)26-5-6-27-22/h3-4,7-8,10H,5-6,9,11H2,1-2H3. The van der Waals surface area contributed by atoms with Crippen LogP contribution in [0.4, 0.5) is 0 Å². The normalized spacial score (nSPS) is 12.8. The number of fused-ring (bicyclic) bond motifs is 2. The molecule has 0 radical (unpaired) electrons. The first-order valence-electron chi connectivity index (χ1n) is 9.19. The van der Waals surface area contributed by atoms with Gasteiger partial charge in [-0.3, -0.25) is 4.79 Å². The Morgan fingerprint density at radius 2 is 1.93 bits per heavy atom. The molecule has 7 heteroatoms. The van der Waals surface area contributed by atoms with Gasteiger partial charge in [0.1, 0.15) is 25.4 Å². The molecule has 0 unspecified atom stereocenters. The van der Waals surface area contributed by atoms with Crippen molar-refractivity contribution in [3.63, 3.8) is 0 Å². The van der Waals surface area contributed by atoms with E-state index in [2.05, 4.69) is 0 Å². The number of benzene rings is 2. The van der Waals surface area contributed by atoms with Crippen molar-refractivity contribution in [2.45, 2.75) is 26.9 Å². The lowest BCUT2D eigenvalue weighted by atomic mass is 10.0. The summed E-state index contributed by atoms with van der Waals surface area (Å²) in [5.41, 5.74) is 3.21. The van der Waals surface area contributed by atoms with Crippen LogP contribution in [0.2, 0.25) is 5.02 Å². The van der Waals surface area contributed by atoms with Crippen LogP contribution in [0.5, 0.6) is 11.5 Å². The van der Waals surface area contributed by atoms with Crippen molar-refractivity contribution in [1.29, 1.82) is 0 Å². The number of esters is 1. The van der Waals surface area contributed by atoms with Crippen molar-refractivity contribution in [1.82, 2.24) is 0 Å². The number of halogens is 1. The van der Waals surface area contributed by atoms with Gasteiger partial charge >= 0.3 is 11.6 Å². The van der Waals surface area contributed by atoms with E-state index < -0.39 is 11.6 Å². The third kappa shape index (κ3) is 3.93. The molecular formula is C22H19ClO6. The van der Waals surface area contributed by atoms with Gasteiger partial charge < -0.3 is 18.6 Å². The van der Waals surface area contributed by atoms with Crippen LogP contribution in [0, 0.1) is 13.8 Å². The summed E-state index contributed by atoms with van der Waals surface area (Å²) in [6.45, 7) is 4.68. The largest absolute Gasteiger partial charge is 0.486 e. The van der Waals surface area contributed by atoms with Gasteiger partial charge in [0.25, 0.3) is 0 Å². The van der Waals surface area contributed by atoms with Crippen molar-refractivity contribution in [3.05, 3.63) is 68.0 Å². The first kappa shape index (κ1) is 19.3. The minimum absolute atomic E-state index is 0.0217. The van der Waals surface area contributed by atoms with Gasteiger partial charge in [0, 0.05) is 17.0 Å². The van der Waals surface area contributed by atoms with Crippen LogP contribution < -0.4 is 15.1 Å². The lowest BCUT2D eigenvalue weighted by molar-refractivity contribution is -0.144. The molecule has 0 N–H and O–H groups in total. The second kappa shape index (κ2) is 7.79. The van der Waals surface area contributed by atoms with Gasteiger partial charge in [0.15, 0.2) is 11.5 Å². The fourth-order valence-corrected chi connectivity index (χ4v) is 3.57. The number of rotatable bonds is 4. The van der Waals surface area contributed by atoms with Crippen LogP contribution in [0.1, 0.15) is 22.3 Å². The molecule has 0 bridgehead atoms. The molecule has 0 fully saturated rings. The molecule has 0 saturated heterocycles. The van der Waals surface area contributed by atoms with E-state index in [4.69, 9.17) is 30.2 Å². The number of carbonyl (C=O) groups is 1. The first-order chi connectivity index (χ1) is 13.9. The van der Waals surface area contributed by atoms with Crippen molar-refractivity contribution in [2.75, 3.05) is 13.2 Å². The summed E-state index contributed by atoms with van der Waals surface area (Å²) in [6, 6.07) is 8.55. The van der Waals surface area contributed by atoms with E-state index in [0.717, 1.165) is 16.5 Å². The predicted octanol–water partition coefficient (Wildman–Crippen LogP) is 4.12. The smallest absolute Gasteiger partial charge is 0.336 e. The average molecular weight is 415 g/mol. The van der Waals surface area contributed by atoms with Gasteiger partial charge in [-0.25, -0.2) is 4.79 Å². The van der Waals surface area contributed by atoms with E-state index in [0.29, 0.717) is 46.4 Å². The molecular weight excluding hydrogens is 396 g/mol. The number of ether oxygens (including phenoxy) is 3. The summed E-state index contributed by atoms with van der Waals surface area (Å²) in [7, 11) is 0. The van der Waals surface area contributed by atoms with Gasteiger partial charge in [-0.15, -0.1) is 0 Å². The summed E-state index contributed by atoms with van der Waals surface area (Å²) in [5.74, 6) is 0.565. The number of hydrogen-bond acceptors (Lipinski definition) is 6.